The number of aryl methyl sites for hydroxylation is 1. The Kier molecular flexibility index (Phi) is 7.44. The summed E-state index contributed by atoms with van der Waals surface area (Å²) in [5.74, 6) is 0.115. The molecule has 0 spiro atoms. The fraction of sp³-hybridized carbons (Fsp3) is 0.400. The van der Waals surface area contributed by atoms with Gasteiger partial charge in [-0.25, -0.2) is 0 Å². The molecule has 0 aliphatic heterocycles. The molecule has 0 saturated carbocycles. The summed E-state index contributed by atoms with van der Waals surface area (Å²) in [6.45, 7) is 6.77. The SMILES string of the molecule is CCOCCCCCCCn1c(C)c(C(=O)c2ccccc2)c2ccccc21. The second kappa shape index (κ2) is 10.2. The van der Waals surface area contributed by atoms with Gasteiger partial charge in [-0.15, -0.1) is 0 Å². The van der Waals surface area contributed by atoms with Crippen LogP contribution in [0.25, 0.3) is 10.9 Å². The van der Waals surface area contributed by atoms with Gasteiger partial charge in [-0.2, -0.15) is 0 Å². The summed E-state index contributed by atoms with van der Waals surface area (Å²) >= 11 is 0. The number of ketones is 1. The van der Waals surface area contributed by atoms with Crippen molar-refractivity contribution >= 4 is 16.7 Å². The van der Waals surface area contributed by atoms with Gasteiger partial charge in [0, 0.05) is 41.9 Å². The topological polar surface area (TPSA) is 31.2 Å². The van der Waals surface area contributed by atoms with Crippen LogP contribution in [0.1, 0.15) is 60.6 Å². The Morgan fingerprint density at radius 2 is 1.57 bits per heavy atom. The minimum atomic E-state index is 0.115. The first-order valence-corrected chi connectivity index (χ1v) is 10.5. The van der Waals surface area contributed by atoms with E-state index in [2.05, 4.69) is 29.7 Å². The first kappa shape index (κ1) is 20.3. The van der Waals surface area contributed by atoms with Crippen molar-refractivity contribution < 1.29 is 9.53 Å². The van der Waals surface area contributed by atoms with Gasteiger partial charge in [-0.3, -0.25) is 4.79 Å². The maximum absolute atomic E-state index is 13.2. The minimum absolute atomic E-state index is 0.115. The van der Waals surface area contributed by atoms with E-state index in [1.54, 1.807) is 0 Å². The van der Waals surface area contributed by atoms with Gasteiger partial charge < -0.3 is 9.30 Å². The van der Waals surface area contributed by atoms with Crippen LogP contribution in [0.5, 0.6) is 0 Å². The number of rotatable bonds is 11. The van der Waals surface area contributed by atoms with Crippen LogP contribution in [0, 0.1) is 6.92 Å². The Bertz CT molecular complexity index is 896. The highest BCUT2D eigenvalue weighted by atomic mass is 16.5. The van der Waals surface area contributed by atoms with Gasteiger partial charge in [-0.1, -0.05) is 67.8 Å². The number of para-hydroxylation sites is 1. The molecule has 3 nitrogen and oxygen atoms in total. The third-order valence-electron chi connectivity index (χ3n) is 5.37. The Balaban J connectivity index is 1.71. The lowest BCUT2D eigenvalue weighted by atomic mass is 10.0. The standard InChI is InChI=1S/C25H31NO2/c1-3-28-19-13-6-4-5-12-18-26-20(2)24(22-16-10-11-17-23(22)26)25(27)21-14-8-7-9-15-21/h7-11,14-17H,3-6,12-13,18-19H2,1-2H3. The largest absolute Gasteiger partial charge is 0.382 e. The minimum Gasteiger partial charge on any atom is -0.382 e. The number of carbonyl (C=O) groups excluding carboxylic acids is 1. The van der Waals surface area contributed by atoms with Crippen LogP contribution in [0.4, 0.5) is 0 Å². The molecule has 0 amide bonds. The van der Waals surface area contributed by atoms with Crippen LogP contribution in [0.3, 0.4) is 0 Å². The number of hydrogen-bond acceptors (Lipinski definition) is 2. The fourth-order valence-corrected chi connectivity index (χ4v) is 3.89. The van der Waals surface area contributed by atoms with Crippen molar-refractivity contribution in [2.45, 2.75) is 52.5 Å². The van der Waals surface area contributed by atoms with Crippen molar-refractivity contribution in [3.05, 3.63) is 71.4 Å². The number of unbranched alkanes of at least 4 members (excludes halogenated alkanes) is 4. The van der Waals surface area contributed by atoms with Crippen LogP contribution < -0.4 is 0 Å². The molecule has 28 heavy (non-hydrogen) atoms. The molecule has 3 rings (SSSR count). The van der Waals surface area contributed by atoms with E-state index in [0.29, 0.717) is 0 Å². The van der Waals surface area contributed by atoms with Gasteiger partial charge >= 0.3 is 0 Å². The summed E-state index contributed by atoms with van der Waals surface area (Å²) in [6.07, 6.45) is 5.95. The van der Waals surface area contributed by atoms with Gasteiger partial charge in [0.25, 0.3) is 0 Å². The van der Waals surface area contributed by atoms with Crippen molar-refractivity contribution in [2.24, 2.45) is 0 Å². The highest BCUT2D eigenvalue weighted by molar-refractivity contribution is 6.17. The highest BCUT2D eigenvalue weighted by Crippen LogP contribution is 2.28. The molecular formula is C25H31NO2. The number of fused-ring (bicyclic) bond motifs is 1. The van der Waals surface area contributed by atoms with E-state index in [0.717, 1.165) is 60.3 Å². The zero-order valence-electron chi connectivity index (χ0n) is 17.1. The lowest BCUT2D eigenvalue weighted by Crippen LogP contribution is -2.05. The average Bonchev–Trinajstić information content (AvgIpc) is 3.01. The van der Waals surface area contributed by atoms with Crippen molar-refractivity contribution in [1.82, 2.24) is 4.57 Å². The summed E-state index contributed by atoms with van der Waals surface area (Å²) in [4.78, 5) is 13.2. The molecule has 1 heterocycles. The molecule has 0 fully saturated rings. The van der Waals surface area contributed by atoms with E-state index < -0.39 is 0 Å². The summed E-state index contributed by atoms with van der Waals surface area (Å²) in [7, 11) is 0. The molecule has 3 heteroatoms. The molecule has 0 saturated heterocycles. The van der Waals surface area contributed by atoms with Gasteiger partial charge in [0.1, 0.15) is 0 Å². The van der Waals surface area contributed by atoms with Crippen LogP contribution in [-0.4, -0.2) is 23.6 Å². The van der Waals surface area contributed by atoms with Gasteiger partial charge in [0.15, 0.2) is 5.78 Å². The third-order valence-corrected chi connectivity index (χ3v) is 5.37. The molecule has 148 valence electrons. The van der Waals surface area contributed by atoms with Gasteiger partial charge in [-0.05, 0) is 32.8 Å². The molecule has 0 atom stereocenters. The van der Waals surface area contributed by atoms with E-state index in [4.69, 9.17) is 4.74 Å². The molecule has 1 aromatic heterocycles. The fourth-order valence-electron chi connectivity index (χ4n) is 3.89. The van der Waals surface area contributed by atoms with E-state index in [9.17, 15) is 4.79 Å². The second-order valence-electron chi connectivity index (χ2n) is 7.29. The molecule has 3 aromatic rings. The van der Waals surface area contributed by atoms with Crippen LogP contribution in [0.15, 0.2) is 54.6 Å². The number of aromatic nitrogens is 1. The molecule has 0 bridgehead atoms. The first-order valence-electron chi connectivity index (χ1n) is 10.5. The zero-order chi connectivity index (χ0) is 19.8. The van der Waals surface area contributed by atoms with E-state index >= 15 is 0 Å². The number of hydrogen-bond donors (Lipinski definition) is 0. The molecular weight excluding hydrogens is 346 g/mol. The van der Waals surface area contributed by atoms with Gasteiger partial charge in [0.2, 0.25) is 0 Å². The normalized spacial score (nSPS) is 11.2. The van der Waals surface area contributed by atoms with Crippen molar-refractivity contribution in [3.63, 3.8) is 0 Å². The molecule has 0 unspecified atom stereocenters. The third kappa shape index (κ3) is 4.71. The van der Waals surface area contributed by atoms with Crippen LogP contribution >= 0.6 is 0 Å². The number of ether oxygens (including phenoxy) is 1. The maximum Gasteiger partial charge on any atom is 0.195 e. The summed E-state index contributed by atoms with van der Waals surface area (Å²) in [5.41, 5.74) is 3.84. The second-order valence-corrected chi connectivity index (χ2v) is 7.29. The smallest absolute Gasteiger partial charge is 0.195 e. The predicted octanol–water partition coefficient (Wildman–Crippen LogP) is 6.17. The Labute approximate surface area is 168 Å². The quantitative estimate of drug-likeness (QED) is 0.296. The lowest BCUT2D eigenvalue weighted by molar-refractivity contribution is 0.103. The Morgan fingerprint density at radius 3 is 2.36 bits per heavy atom. The molecule has 2 aromatic carbocycles. The summed E-state index contributed by atoms with van der Waals surface area (Å²) < 4.78 is 7.72. The summed E-state index contributed by atoms with van der Waals surface area (Å²) in [6, 6.07) is 17.9. The number of nitrogens with zero attached hydrogens (tertiary/aromatic N) is 1. The zero-order valence-corrected chi connectivity index (χ0v) is 17.1. The van der Waals surface area contributed by atoms with Crippen molar-refractivity contribution in [3.8, 4) is 0 Å². The average molecular weight is 378 g/mol. The maximum atomic E-state index is 13.2. The highest BCUT2D eigenvalue weighted by Gasteiger charge is 2.20. The Hall–Kier alpha value is -2.39. The van der Waals surface area contributed by atoms with Crippen molar-refractivity contribution in [1.29, 1.82) is 0 Å². The lowest BCUT2D eigenvalue weighted by Gasteiger charge is -2.09. The van der Waals surface area contributed by atoms with Crippen LogP contribution in [-0.2, 0) is 11.3 Å². The molecule has 0 N–H and O–H groups in total. The molecule has 0 aliphatic carbocycles. The monoisotopic (exact) mass is 377 g/mol. The van der Waals surface area contributed by atoms with E-state index in [-0.39, 0.29) is 5.78 Å². The number of carbonyl (C=O) groups is 1. The molecule has 0 aliphatic rings. The van der Waals surface area contributed by atoms with Crippen LogP contribution in [0.2, 0.25) is 0 Å². The van der Waals surface area contributed by atoms with Gasteiger partial charge in [0.05, 0.1) is 5.56 Å². The Morgan fingerprint density at radius 1 is 0.893 bits per heavy atom. The molecule has 0 radical (unpaired) electrons. The van der Waals surface area contributed by atoms with E-state index in [1.807, 2.05) is 43.3 Å². The number of benzene rings is 2. The van der Waals surface area contributed by atoms with E-state index in [1.165, 1.54) is 19.3 Å². The first-order chi connectivity index (χ1) is 13.7. The van der Waals surface area contributed by atoms with Crippen molar-refractivity contribution in [2.75, 3.05) is 13.2 Å². The predicted molar refractivity (Wildman–Crippen MR) is 116 cm³/mol. The summed E-state index contributed by atoms with van der Waals surface area (Å²) in [5, 5.41) is 1.06.